The molecule has 39 heavy (non-hydrogen) atoms. The highest BCUT2D eigenvalue weighted by molar-refractivity contribution is 7.92. The highest BCUT2D eigenvalue weighted by Crippen LogP contribution is 2.27. The molecule has 0 fully saturated rings. The Bertz CT molecular complexity index is 1410. The van der Waals surface area contributed by atoms with Crippen molar-refractivity contribution in [2.45, 2.75) is 19.3 Å². The molecule has 208 valence electrons. The van der Waals surface area contributed by atoms with Crippen molar-refractivity contribution in [1.29, 1.82) is 0 Å². The Labute approximate surface area is 228 Å². The van der Waals surface area contributed by atoms with E-state index in [0.29, 0.717) is 35.7 Å². The zero-order chi connectivity index (χ0) is 28.4. The zero-order valence-corrected chi connectivity index (χ0v) is 22.9. The molecule has 0 spiro atoms. The van der Waals surface area contributed by atoms with Crippen LogP contribution in [0, 0.1) is 5.82 Å². The number of anilines is 2. The van der Waals surface area contributed by atoms with Crippen LogP contribution >= 0.6 is 0 Å². The van der Waals surface area contributed by atoms with Gasteiger partial charge < -0.3 is 20.1 Å². The van der Waals surface area contributed by atoms with Crippen molar-refractivity contribution < 1.29 is 31.9 Å². The molecule has 0 radical (unpaired) electrons. The summed E-state index contributed by atoms with van der Waals surface area (Å²) < 4.78 is 50.1. The highest BCUT2D eigenvalue weighted by Gasteiger charge is 2.21. The predicted octanol–water partition coefficient (Wildman–Crippen LogP) is 4.00. The fourth-order valence-electron chi connectivity index (χ4n) is 3.96. The van der Waals surface area contributed by atoms with Crippen LogP contribution in [-0.4, -0.2) is 53.8 Å². The topological polar surface area (TPSA) is 114 Å². The van der Waals surface area contributed by atoms with Crippen molar-refractivity contribution in [3.8, 4) is 11.5 Å². The van der Waals surface area contributed by atoms with Crippen LogP contribution in [0.5, 0.6) is 11.5 Å². The number of amides is 2. The van der Waals surface area contributed by atoms with Crippen LogP contribution in [0.1, 0.15) is 28.8 Å². The molecule has 0 saturated heterocycles. The second-order valence-electron chi connectivity index (χ2n) is 8.68. The lowest BCUT2D eigenvalue weighted by atomic mass is 10.1. The van der Waals surface area contributed by atoms with Crippen LogP contribution in [-0.2, 0) is 21.2 Å². The number of nitrogens with one attached hydrogen (secondary N) is 2. The average molecular weight is 558 g/mol. The second kappa shape index (κ2) is 13.6. The van der Waals surface area contributed by atoms with Crippen LogP contribution in [0.15, 0.2) is 66.7 Å². The quantitative estimate of drug-likeness (QED) is 0.328. The molecule has 0 atom stereocenters. The summed E-state index contributed by atoms with van der Waals surface area (Å²) >= 11 is 0. The minimum absolute atomic E-state index is 0.0320. The first-order valence-electron chi connectivity index (χ1n) is 12.2. The minimum atomic E-state index is -3.76. The van der Waals surface area contributed by atoms with Gasteiger partial charge in [-0.15, -0.1) is 0 Å². The Morgan fingerprint density at radius 2 is 1.64 bits per heavy atom. The molecule has 11 heteroatoms. The summed E-state index contributed by atoms with van der Waals surface area (Å²) in [5.74, 6) is -0.204. The number of hydrogen-bond acceptors (Lipinski definition) is 6. The number of carbonyl (C=O) groups excluding carboxylic acids is 2. The normalized spacial score (nSPS) is 11.0. The minimum Gasteiger partial charge on any atom is -0.493 e. The fourth-order valence-corrected chi connectivity index (χ4v) is 4.92. The molecular weight excluding hydrogens is 525 g/mol. The molecule has 0 aliphatic rings. The molecule has 0 bridgehead atoms. The predicted molar refractivity (Wildman–Crippen MR) is 148 cm³/mol. The van der Waals surface area contributed by atoms with Gasteiger partial charge in [-0.1, -0.05) is 30.3 Å². The number of rotatable bonds is 13. The van der Waals surface area contributed by atoms with Crippen molar-refractivity contribution >= 4 is 33.2 Å². The summed E-state index contributed by atoms with van der Waals surface area (Å²) in [6, 6.07) is 17.7. The van der Waals surface area contributed by atoms with Gasteiger partial charge in [0.2, 0.25) is 15.9 Å². The SMILES string of the molecule is COc1ccc(CCNC(=O)c2ccccc2NC(=O)CCCN(c2ccccc2F)S(C)(=O)=O)cc1OC. The first-order valence-corrected chi connectivity index (χ1v) is 14.1. The van der Waals surface area contributed by atoms with Gasteiger partial charge in [0.25, 0.3) is 5.91 Å². The Kier molecular flexibility index (Phi) is 10.3. The third-order valence-electron chi connectivity index (χ3n) is 5.88. The lowest BCUT2D eigenvalue weighted by Gasteiger charge is -2.22. The maximum Gasteiger partial charge on any atom is 0.253 e. The Morgan fingerprint density at radius 1 is 0.949 bits per heavy atom. The number of sulfonamides is 1. The number of benzene rings is 3. The van der Waals surface area contributed by atoms with Crippen molar-refractivity contribution in [3.63, 3.8) is 0 Å². The molecule has 0 aliphatic heterocycles. The summed E-state index contributed by atoms with van der Waals surface area (Å²) in [7, 11) is -0.642. The molecule has 0 unspecified atom stereocenters. The number of carbonyl (C=O) groups is 2. The van der Waals surface area contributed by atoms with Crippen molar-refractivity contribution in [3.05, 3.63) is 83.7 Å². The highest BCUT2D eigenvalue weighted by atomic mass is 32.2. The van der Waals surface area contributed by atoms with Crippen LogP contribution in [0.25, 0.3) is 0 Å². The summed E-state index contributed by atoms with van der Waals surface area (Å²) in [4.78, 5) is 25.5. The maximum absolute atomic E-state index is 14.2. The number of nitrogens with zero attached hydrogens (tertiary/aromatic N) is 1. The fraction of sp³-hybridized carbons (Fsp3) is 0.286. The molecule has 0 heterocycles. The zero-order valence-electron chi connectivity index (χ0n) is 22.1. The molecule has 3 aromatic carbocycles. The van der Waals surface area contributed by atoms with Gasteiger partial charge in [0.1, 0.15) is 5.82 Å². The average Bonchev–Trinajstić information content (AvgIpc) is 2.91. The number of ether oxygens (including phenoxy) is 2. The van der Waals surface area contributed by atoms with E-state index in [4.69, 9.17) is 9.47 Å². The third-order valence-corrected chi connectivity index (χ3v) is 7.06. The van der Waals surface area contributed by atoms with Crippen molar-refractivity contribution in [2.75, 3.05) is 43.2 Å². The van der Waals surface area contributed by atoms with E-state index in [1.54, 1.807) is 50.6 Å². The molecule has 0 aliphatic carbocycles. The first-order chi connectivity index (χ1) is 18.6. The third kappa shape index (κ3) is 8.18. The second-order valence-corrected chi connectivity index (χ2v) is 10.6. The Hall–Kier alpha value is -4.12. The van der Waals surface area contributed by atoms with Gasteiger partial charge in [-0.2, -0.15) is 0 Å². The van der Waals surface area contributed by atoms with E-state index in [1.807, 2.05) is 12.1 Å². The molecule has 3 rings (SSSR count). The van der Waals surface area contributed by atoms with E-state index >= 15 is 0 Å². The van der Waals surface area contributed by atoms with Gasteiger partial charge in [-0.3, -0.25) is 13.9 Å². The van der Waals surface area contributed by atoms with E-state index in [9.17, 15) is 22.4 Å². The Morgan fingerprint density at radius 3 is 2.33 bits per heavy atom. The Balaban J connectivity index is 1.56. The summed E-state index contributed by atoms with van der Waals surface area (Å²) in [6.45, 7) is 0.277. The van der Waals surface area contributed by atoms with E-state index in [1.165, 1.54) is 18.2 Å². The van der Waals surface area contributed by atoms with Crippen molar-refractivity contribution in [1.82, 2.24) is 5.32 Å². The van der Waals surface area contributed by atoms with E-state index < -0.39 is 21.7 Å². The van der Waals surface area contributed by atoms with Gasteiger partial charge >= 0.3 is 0 Å². The van der Waals surface area contributed by atoms with Crippen LogP contribution in [0.2, 0.25) is 0 Å². The molecular formula is C28H32FN3O6S. The van der Waals surface area contributed by atoms with Crippen LogP contribution in [0.3, 0.4) is 0 Å². The van der Waals surface area contributed by atoms with Gasteiger partial charge in [0.05, 0.1) is 37.4 Å². The van der Waals surface area contributed by atoms with Crippen LogP contribution in [0.4, 0.5) is 15.8 Å². The number of hydrogen-bond donors (Lipinski definition) is 2. The van der Waals surface area contributed by atoms with Crippen molar-refractivity contribution in [2.24, 2.45) is 0 Å². The van der Waals surface area contributed by atoms with Gasteiger partial charge in [-0.25, -0.2) is 12.8 Å². The molecule has 9 nitrogen and oxygen atoms in total. The lowest BCUT2D eigenvalue weighted by molar-refractivity contribution is -0.116. The standard InChI is InChI=1S/C28H32FN3O6S/c1-37-25-15-14-20(19-26(25)38-2)16-17-30-28(34)21-9-4-6-11-23(21)31-27(33)13-8-18-32(39(3,35)36)24-12-7-5-10-22(24)29/h4-7,9-12,14-15,19H,8,13,16-18H2,1-3H3,(H,30,34)(H,31,33). The van der Waals surface area contributed by atoms with Gasteiger partial charge in [-0.05, 0) is 54.8 Å². The maximum atomic E-state index is 14.2. The molecule has 0 aromatic heterocycles. The van der Waals surface area contributed by atoms with E-state index in [0.717, 1.165) is 16.1 Å². The molecule has 3 aromatic rings. The number of halogens is 1. The first kappa shape index (κ1) is 29.4. The summed E-state index contributed by atoms with van der Waals surface area (Å²) in [5.41, 5.74) is 1.51. The van der Waals surface area contributed by atoms with E-state index in [2.05, 4.69) is 10.6 Å². The molecule has 0 saturated carbocycles. The monoisotopic (exact) mass is 557 g/mol. The largest absolute Gasteiger partial charge is 0.493 e. The van der Waals surface area contributed by atoms with E-state index in [-0.39, 0.29) is 31.0 Å². The van der Waals surface area contributed by atoms with Crippen LogP contribution < -0.4 is 24.4 Å². The summed E-state index contributed by atoms with van der Waals surface area (Å²) in [5, 5.41) is 5.57. The lowest BCUT2D eigenvalue weighted by Crippen LogP contribution is -2.32. The molecule has 2 amide bonds. The van der Waals surface area contributed by atoms with Gasteiger partial charge in [0.15, 0.2) is 11.5 Å². The van der Waals surface area contributed by atoms with Gasteiger partial charge in [0, 0.05) is 19.5 Å². The number of para-hydroxylation sites is 2. The summed E-state index contributed by atoms with van der Waals surface area (Å²) in [6.07, 6.45) is 1.65. The molecule has 2 N–H and O–H groups in total. The smallest absolute Gasteiger partial charge is 0.253 e. The number of methoxy groups -OCH3 is 2.